The predicted octanol–water partition coefficient (Wildman–Crippen LogP) is 3.66. The molecule has 106 valence electrons. The quantitative estimate of drug-likeness (QED) is 0.778. The number of hydrogen-bond acceptors (Lipinski definition) is 2. The zero-order valence-corrected chi connectivity index (χ0v) is 12.6. The lowest BCUT2D eigenvalue weighted by molar-refractivity contribution is -0.129. The number of ketones is 1. The van der Waals surface area contributed by atoms with Crippen molar-refractivity contribution < 1.29 is 9.53 Å². The smallest absolute Gasteiger partial charge is 0.139 e. The fraction of sp³-hybridized carbons (Fsp3) is 0.611. The normalized spacial score (nSPS) is 41.5. The van der Waals surface area contributed by atoms with Gasteiger partial charge < -0.3 is 4.74 Å². The number of aryl methyl sites for hydroxylation is 1. The summed E-state index contributed by atoms with van der Waals surface area (Å²) in [5.41, 5.74) is 3.22. The summed E-state index contributed by atoms with van der Waals surface area (Å²) in [6.45, 7) is 4.60. The second-order valence-corrected chi connectivity index (χ2v) is 7.37. The van der Waals surface area contributed by atoms with Gasteiger partial charge in [0.15, 0.2) is 0 Å². The molecule has 0 N–H and O–H groups in total. The molecule has 0 aliphatic heterocycles. The first-order valence-corrected chi connectivity index (χ1v) is 7.68. The lowest BCUT2D eigenvalue weighted by atomic mass is 9.54. The van der Waals surface area contributed by atoms with Crippen LogP contribution < -0.4 is 4.74 Å². The van der Waals surface area contributed by atoms with Gasteiger partial charge in [0.05, 0.1) is 7.11 Å². The van der Waals surface area contributed by atoms with Crippen LogP contribution in [0, 0.1) is 10.8 Å². The van der Waals surface area contributed by atoms with Gasteiger partial charge >= 0.3 is 0 Å². The molecule has 4 rings (SSSR count). The van der Waals surface area contributed by atoms with E-state index in [1.54, 1.807) is 7.11 Å². The van der Waals surface area contributed by atoms with E-state index in [1.165, 1.54) is 17.5 Å². The molecule has 2 saturated carbocycles. The van der Waals surface area contributed by atoms with Gasteiger partial charge in [-0.3, -0.25) is 4.79 Å². The van der Waals surface area contributed by atoms with Crippen LogP contribution in [-0.4, -0.2) is 12.9 Å². The molecule has 3 atom stereocenters. The molecule has 0 radical (unpaired) electrons. The summed E-state index contributed by atoms with van der Waals surface area (Å²) < 4.78 is 5.43. The molecular weight excluding hydrogens is 248 g/mol. The average molecular weight is 270 g/mol. The van der Waals surface area contributed by atoms with Crippen LogP contribution in [0.1, 0.15) is 50.7 Å². The van der Waals surface area contributed by atoms with Crippen molar-refractivity contribution in [2.45, 2.75) is 51.4 Å². The maximum atomic E-state index is 12.4. The first kappa shape index (κ1) is 12.4. The van der Waals surface area contributed by atoms with E-state index < -0.39 is 0 Å². The van der Waals surface area contributed by atoms with Crippen molar-refractivity contribution in [1.82, 2.24) is 0 Å². The highest BCUT2D eigenvalue weighted by Crippen LogP contribution is 2.79. The Morgan fingerprint density at radius 1 is 1.10 bits per heavy atom. The zero-order valence-electron chi connectivity index (χ0n) is 12.6. The van der Waals surface area contributed by atoms with Crippen LogP contribution in [0.15, 0.2) is 18.2 Å². The molecule has 0 aromatic heterocycles. The van der Waals surface area contributed by atoms with Gasteiger partial charge in [-0.1, -0.05) is 19.9 Å². The first-order chi connectivity index (χ1) is 9.47. The van der Waals surface area contributed by atoms with Crippen LogP contribution in [0.25, 0.3) is 0 Å². The topological polar surface area (TPSA) is 26.3 Å². The number of hydrogen-bond donors (Lipinski definition) is 0. The maximum absolute atomic E-state index is 12.4. The molecule has 0 saturated heterocycles. The van der Waals surface area contributed by atoms with E-state index in [4.69, 9.17) is 4.74 Å². The fourth-order valence-electron chi connectivity index (χ4n) is 5.40. The first-order valence-electron chi connectivity index (χ1n) is 7.68. The Kier molecular flexibility index (Phi) is 2.16. The van der Waals surface area contributed by atoms with E-state index in [0.717, 1.165) is 31.4 Å². The maximum Gasteiger partial charge on any atom is 0.139 e. The Hall–Kier alpha value is -1.31. The number of Topliss-reactive ketones (excluding diaryl/α,β-unsaturated/α-hetero) is 1. The molecule has 0 amide bonds. The van der Waals surface area contributed by atoms with Gasteiger partial charge in [-0.05, 0) is 59.8 Å². The monoisotopic (exact) mass is 270 g/mol. The van der Waals surface area contributed by atoms with Crippen molar-refractivity contribution in [3.05, 3.63) is 29.3 Å². The highest BCUT2D eigenvalue weighted by Gasteiger charge is 2.77. The third-order valence-electron chi connectivity index (χ3n) is 6.84. The third-order valence-corrected chi connectivity index (χ3v) is 6.84. The Morgan fingerprint density at radius 3 is 2.65 bits per heavy atom. The molecule has 1 spiro atoms. The second kappa shape index (κ2) is 3.47. The van der Waals surface area contributed by atoms with Gasteiger partial charge in [0, 0.05) is 11.8 Å². The average Bonchev–Trinajstić information content (AvgIpc) is 3.09. The van der Waals surface area contributed by atoms with Crippen LogP contribution in [0.2, 0.25) is 0 Å². The number of carbonyl (C=O) groups excluding carboxylic acids is 1. The summed E-state index contributed by atoms with van der Waals surface area (Å²) in [5.74, 6) is 1.45. The molecule has 1 aromatic carbocycles. The Labute approximate surface area is 120 Å². The van der Waals surface area contributed by atoms with E-state index in [2.05, 4.69) is 32.0 Å². The van der Waals surface area contributed by atoms with Gasteiger partial charge in [0.2, 0.25) is 0 Å². The number of carbonyl (C=O) groups is 1. The summed E-state index contributed by atoms with van der Waals surface area (Å²) in [4.78, 5) is 12.4. The minimum atomic E-state index is -0.0548. The Balaban J connectivity index is 1.90. The van der Waals surface area contributed by atoms with Gasteiger partial charge in [-0.2, -0.15) is 0 Å². The number of rotatable bonds is 1. The molecule has 3 aliphatic rings. The zero-order chi connectivity index (χ0) is 14.2. The second-order valence-electron chi connectivity index (χ2n) is 7.37. The standard InChI is InChI=1S/C18H22O2/c1-16-8-7-15(19)17(2)11-18(16,17)9-6-12-4-5-13(20-3)10-14(12)16/h4-5,10H,6-9,11H2,1-3H3/t16-,17?,18-/m0/s1. The number of ether oxygens (including phenoxy) is 1. The molecule has 2 fully saturated rings. The molecule has 2 heteroatoms. The minimum absolute atomic E-state index is 0.0548. The van der Waals surface area contributed by atoms with Crippen molar-refractivity contribution in [3.8, 4) is 5.75 Å². The van der Waals surface area contributed by atoms with Crippen molar-refractivity contribution >= 4 is 5.78 Å². The SMILES string of the molecule is COc1ccc2c(c1)[C@]1(C)CCC(=O)C3(C)C[C@]31CC2. The third kappa shape index (κ3) is 1.15. The van der Waals surface area contributed by atoms with Crippen molar-refractivity contribution in [2.75, 3.05) is 7.11 Å². The summed E-state index contributed by atoms with van der Waals surface area (Å²) >= 11 is 0. The lowest BCUT2D eigenvalue weighted by Gasteiger charge is -2.49. The Morgan fingerprint density at radius 2 is 1.90 bits per heavy atom. The lowest BCUT2D eigenvalue weighted by Crippen LogP contribution is -2.47. The molecule has 1 aromatic rings. The summed E-state index contributed by atoms with van der Waals surface area (Å²) in [6.07, 6.45) is 5.11. The summed E-state index contributed by atoms with van der Waals surface area (Å²) in [7, 11) is 1.73. The van der Waals surface area contributed by atoms with Gasteiger partial charge in [-0.25, -0.2) is 0 Å². The fourth-order valence-corrected chi connectivity index (χ4v) is 5.40. The van der Waals surface area contributed by atoms with E-state index in [0.29, 0.717) is 5.78 Å². The van der Waals surface area contributed by atoms with Crippen LogP contribution >= 0.6 is 0 Å². The van der Waals surface area contributed by atoms with E-state index in [-0.39, 0.29) is 16.2 Å². The van der Waals surface area contributed by atoms with E-state index >= 15 is 0 Å². The molecule has 0 bridgehead atoms. The number of methoxy groups -OCH3 is 1. The molecule has 3 aliphatic carbocycles. The molecular formula is C18H22O2. The predicted molar refractivity (Wildman–Crippen MR) is 78.1 cm³/mol. The van der Waals surface area contributed by atoms with Gasteiger partial charge in [-0.15, -0.1) is 0 Å². The van der Waals surface area contributed by atoms with Crippen LogP contribution in [-0.2, 0) is 16.6 Å². The molecule has 1 unspecified atom stereocenters. The van der Waals surface area contributed by atoms with E-state index in [1.807, 2.05) is 0 Å². The van der Waals surface area contributed by atoms with Gasteiger partial charge in [0.25, 0.3) is 0 Å². The summed E-state index contributed by atoms with van der Waals surface area (Å²) in [6, 6.07) is 6.52. The molecule has 20 heavy (non-hydrogen) atoms. The Bertz CT molecular complexity index is 620. The largest absolute Gasteiger partial charge is 0.497 e. The van der Waals surface area contributed by atoms with Crippen LogP contribution in [0.5, 0.6) is 5.75 Å². The minimum Gasteiger partial charge on any atom is -0.497 e. The van der Waals surface area contributed by atoms with E-state index in [9.17, 15) is 4.79 Å². The van der Waals surface area contributed by atoms with Crippen LogP contribution in [0.4, 0.5) is 0 Å². The van der Waals surface area contributed by atoms with Gasteiger partial charge in [0.1, 0.15) is 11.5 Å². The number of fused-ring (bicyclic) bond motifs is 2. The van der Waals surface area contributed by atoms with Crippen molar-refractivity contribution in [2.24, 2.45) is 10.8 Å². The number of benzene rings is 1. The van der Waals surface area contributed by atoms with Crippen LogP contribution in [0.3, 0.4) is 0 Å². The molecule has 2 nitrogen and oxygen atoms in total. The van der Waals surface area contributed by atoms with Crippen molar-refractivity contribution in [1.29, 1.82) is 0 Å². The highest BCUT2D eigenvalue weighted by molar-refractivity contribution is 5.91. The van der Waals surface area contributed by atoms with Crippen molar-refractivity contribution in [3.63, 3.8) is 0 Å². The molecule has 0 heterocycles. The summed E-state index contributed by atoms with van der Waals surface area (Å²) in [5, 5.41) is 0. The highest BCUT2D eigenvalue weighted by atomic mass is 16.5.